The number of hydrogen-bond donors (Lipinski definition) is 1. The molecule has 0 saturated carbocycles. The highest BCUT2D eigenvalue weighted by molar-refractivity contribution is 5.77. The third kappa shape index (κ3) is 4.81. The molecular weight excluding hydrogens is 336 g/mol. The van der Waals surface area contributed by atoms with Gasteiger partial charge in [0.1, 0.15) is 0 Å². The summed E-state index contributed by atoms with van der Waals surface area (Å²) in [5, 5.41) is 8.86. The molecule has 2 heterocycles. The number of hydrogen-bond acceptors (Lipinski definition) is 5. The summed E-state index contributed by atoms with van der Waals surface area (Å²) in [5.74, 6) is -0.815. The number of morpholine rings is 1. The van der Waals surface area contributed by atoms with E-state index in [0.29, 0.717) is 39.3 Å². The molecule has 2 aliphatic heterocycles. The Morgan fingerprint density at radius 2 is 2.08 bits per heavy atom. The summed E-state index contributed by atoms with van der Waals surface area (Å²) in [5.41, 5.74) is 2.37. The minimum Gasteiger partial charge on any atom is -0.480 e. The van der Waals surface area contributed by atoms with E-state index in [1.807, 2.05) is 23.1 Å². The molecule has 0 spiro atoms. The second-order valence-electron chi connectivity index (χ2n) is 6.94. The second-order valence-corrected chi connectivity index (χ2v) is 6.94. The average molecular weight is 362 g/mol. The normalized spacial score (nSPS) is 22.9. The Morgan fingerprint density at radius 1 is 1.27 bits per heavy atom. The first-order valence-corrected chi connectivity index (χ1v) is 9.02. The van der Waals surface area contributed by atoms with E-state index >= 15 is 0 Å². The highest BCUT2D eigenvalue weighted by Gasteiger charge is 2.29. The molecule has 3 rings (SSSR count). The maximum absolute atomic E-state index is 12.8. The van der Waals surface area contributed by atoms with Crippen LogP contribution in [0.4, 0.5) is 0 Å². The van der Waals surface area contributed by atoms with E-state index in [-0.39, 0.29) is 24.7 Å². The Labute approximate surface area is 153 Å². The van der Waals surface area contributed by atoms with Crippen LogP contribution in [0, 0.1) is 0 Å². The molecular formula is C19H26N2O5. The minimum atomic E-state index is -0.871. The Hall–Kier alpha value is -1.96. The Bertz CT molecular complexity index is 651. The lowest BCUT2D eigenvalue weighted by atomic mass is 9.95. The van der Waals surface area contributed by atoms with Crippen molar-refractivity contribution in [1.29, 1.82) is 0 Å². The van der Waals surface area contributed by atoms with Gasteiger partial charge in [0.05, 0.1) is 38.4 Å². The molecule has 0 bridgehead atoms. The van der Waals surface area contributed by atoms with Gasteiger partial charge in [0.15, 0.2) is 0 Å². The van der Waals surface area contributed by atoms with Crippen LogP contribution in [0.3, 0.4) is 0 Å². The van der Waals surface area contributed by atoms with Crippen molar-refractivity contribution in [3.8, 4) is 0 Å². The van der Waals surface area contributed by atoms with Gasteiger partial charge in [-0.3, -0.25) is 14.5 Å². The Morgan fingerprint density at radius 3 is 2.88 bits per heavy atom. The van der Waals surface area contributed by atoms with Crippen molar-refractivity contribution >= 4 is 11.9 Å². The largest absolute Gasteiger partial charge is 0.480 e. The molecule has 1 saturated heterocycles. The zero-order chi connectivity index (χ0) is 18.5. The van der Waals surface area contributed by atoms with Gasteiger partial charge in [-0.2, -0.15) is 0 Å². The lowest BCUT2D eigenvalue weighted by Crippen LogP contribution is -2.50. The van der Waals surface area contributed by atoms with Crippen LogP contribution in [0.25, 0.3) is 0 Å². The smallest absolute Gasteiger partial charge is 0.317 e. The predicted octanol–water partition coefficient (Wildman–Crippen LogP) is 0.934. The van der Waals surface area contributed by atoms with Crippen LogP contribution in [0.2, 0.25) is 0 Å². The molecule has 1 aromatic rings. The zero-order valence-corrected chi connectivity index (χ0v) is 15.1. The summed E-state index contributed by atoms with van der Waals surface area (Å²) in [4.78, 5) is 27.1. The van der Waals surface area contributed by atoms with Gasteiger partial charge in [-0.25, -0.2) is 0 Å². The van der Waals surface area contributed by atoms with Crippen molar-refractivity contribution in [2.24, 2.45) is 0 Å². The predicted molar refractivity (Wildman–Crippen MR) is 94.9 cm³/mol. The van der Waals surface area contributed by atoms with Gasteiger partial charge in [0, 0.05) is 19.6 Å². The lowest BCUT2D eigenvalue weighted by Gasteiger charge is -2.35. The number of nitrogens with zero attached hydrogens (tertiary/aromatic N) is 2. The van der Waals surface area contributed by atoms with Crippen LogP contribution in [0.5, 0.6) is 0 Å². The van der Waals surface area contributed by atoms with E-state index in [2.05, 4.69) is 6.07 Å². The molecule has 26 heavy (non-hydrogen) atoms. The maximum atomic E-state index is 12.8. The molecule has 1 N–H and O–H groups in total. The number of rotatable bonds is 6. The highest BCUT2D eigenvalue weighted by Crippen LogP contribution is 2.30. The monoisotopic (exact) mass is 362 g/mol. The number of fused-ring (bicyclic) bond motifs is 1. The van der Waals surface area contributed by atoms with Gasteiger partial charge in [0.25, 0.3) is 0 Å². The number of aliphatic carboxylic acids is 1. The third-order valence-electron chi connectivity index (χ3n) is 4.86. The van der Waals surface area contributed by atoms with Gasteiger partial charge < -0.3 is 19.5 Å². The van der Waals surface area contributed by atoms with Gasteiger partial charge in [-0.15, -0.1) is 0 Å². The number of carboxylic acid groups (broad SMARTS) is 1. The fourth-order valence-electron chi connectivity index (χ4n) is 3.63. The number of benzene rings is 1. The molecule has 142 valence electrons. The number of carbonyl (C=O) groups is 2. The molecule has 1 fully saturated rings. The van der Waals surface area contributed by atoms with Gasteiger partial charge in [0.2, 0.25) is 5.91 Å². The number of ether oxygens (including phenoxy) is 2. The van der Waals surface area contributed by atoms with Crippen molar-refractivity contribution in [3.05, 3.63) is 35.4 Å². The molecule has 0 aliphatic carbocycles. The SMILES string of the molecule is CN(CC(=O)O)CC1CN(C(=O)CC2OCCc3ccccc32)CCO1. The summed E-state index contributed by atoms with van der Waals surface area (Å²) >= 11 is 0. The van der Waals surface area contributed by atoms with Crippen molar-refractivity contribution < 1.29 is 24.2 Å². The fourth-order valence-corrected chi connectivity index (χ4v) is 3.63. The van der Waals surface area contributed by atoms with Crippen LogP contribution in [0.15, 0.2) is 24.3 Å². The van der Waals surface area contributed by atoms with E-state index in [0.717, 1.165) is 12.0 Å². The van der Waals surface area contributed by atoms with E-state index < -0.39 is 5.97 Å². The number of carbonyl (C=O) groups excluding carboxylic acids is 1. The quantitative estimate of drug-likeness (QED) is 0.811. The fraction of sp³-hybridized carbons (Fsp3) is 0.579. The molecule has 1 amide bonds. The number of amides is 1. The second kappa shape index (κ2) is 8.62. The molecule has 2 unspecified atom stereocenters. The summed E-state index contributed by atoms with van der Waals surface area (Å²) < 4.78 is 11.5. The summed E-state index contributed by atoms with van der Waals surface area (Å²) in [6, 6.07) is 8.13. The zero-order valence-electron chi connectivity index (χ0n) is 15.1. The molecule has 2 atom stereocenters. The molecule has 2 aliphatic rings. The maximum Gasteiger partial charge on any atom is 0.317 e. The van der Waals surface area contributed by atoms with E-state index in [4.69, 9.17) is 14.6 Å². The first kappa shape index (κ1) is 18.8. The van der Waals surface area contributed by atoms with Gasteiger partial charge in [-0.1, -0.05) is 24.3 Å². The van der Waals surface area contributed by atoms with Crippen LogP contribution >= 0.6 is 0 Å². The Balaban J connectivity index is 1.56. The molecule has 7 heteroatoms. The van der Waals surface area contributed by atoms with Crippen LogP contribution in [-0.2, 0) is 25.5 Å². The van der Waals surface area contributed by atoms with E-state index in [1.165, 1.54) is 5.56 Å². The lowest BCUT2D eigenvalue weighted by molar-refractivity contribution is -0.144. The third-order valence-corrected chi connectivity index (χ3v) is 4.86. The van der Waals surface area contributed by atoms with Crippen LogP contribution in [-0.4, -0.2) is 79.3 Å². The molecule has 1 aromatic carbocycles. The highest BCUT2D eigenvalue weighted by atomic mass is 16.5. The van der Waals surface area contributed by atoms with Gasteiger partial charge >= 0.3 is 5.97 Å². The Kier molecular flexibility index (Phi) is 6.24. The summed E-state index contributed by atoms with van der Waals surface area (Å²) in [7, 11) is 1.74. The van der Waals surface area contributed by atoms with Gasteiger partial charge in [-0.05, 0) is 24.6 Å². The first-order valence-electron chi connectivity index (χ1n) is 9.02. The number of carboxylic acids is 1. The summed E-state index contributed by atoms with van der Waals surface area (Å²) in [6.45, 7) is 2.60. The molecule has 0 radical (unpaired) electrons. The topological polar surface area (TPSA) is 79.3 Å². The van der Waals surface area contributed by atoms with Crippen molar-refractivity contribution in [2.75, 3.05) is 46.4 Å². The average Bonchev–Trinajstić information content (AvgIpc) is 2.61. The van der Waals surface area contributed by atoms with Crippen molar-refractivity contribution in [1.82, 2.24) is 9.80 Å². The van der Waals surface area contributed by atoms with Crippen molar-refractivity contribution in [3.63, 3.8) is 0 Å². The number of likely N-dealkylation sites (N-methyl/N-ethyl adjacent to an activating group) is 1. The minimum absolute atomic E-state index is 0.0412. The molecule has 0 aromatic heterocycles. The van der Waals surface area contributed by atoms with Crippen molar-refractivity contribution in [2.45, 2.75) is 25.0 Å². The van der Waals surface area contributed by atoms with E-state index in [1.54, 1.807) is 11.9 Å². The first-order chi connectivity index (χ1) is 12.5. The van der Waals surface area contributed by atoms with E-state index in [9.17, 15) is 9.59 Å². The summed E-state index contributed by atoms with van der Waals surface area (Å²) in [6.07, 6.45) is 0.852. The standard InChI is InChI=1S/C19H26N2O5/c1-20(13-19(23)24)11-15-12-21(7-9-25-15)18(22)10-17-16-5-3-2-4-14(16)6-8-26-17/h2-5,15,17H,6-13H2,1H3,(H,23,24). The van der Waals surface area contributed by atoms with Crippen LogP contribution < -0.4 is 0 Å². The molecule has 7 nitrogen and oxygen atoms in total. The van der Waals surface area contributed by atoms with Crippen LogP contribution in [0.1, 0.15) is 23.7 Å².